The van der Waals surface area contributed by atoms with Crippen LogP contribution in [0.4, 0.5) is 0 Å². The molecular weight excluding hydrogens is 364 g/mol. The maximum absolute atomic E-state index is 13.2. The molecule has 0 N–H and O–H groups in total. The number of rotatable bonds is 3. The first-order valence-electron chi connectivity index (χ1n) is 8.44. The average molecular weight is 381 g/mol. The number of hydrogen-bond donors (Lipinski definition) is 0. The van der Waals surface area contributed by atoms with Crippen molar-refractivity contribution in [1.29, 1.82) is 0 Å². The Morgan fingerprint density at radius 3 is 2.69 bits per heavy atom. The minimum absolute atomic E-state index is 0.00436. The number of amides is 1. The number of carbonyl (C=O) groups is 1. The SMILES string of the molecule is O=C(c1cccc2ccccc12)N1CCN=C1SCc1ccccc1Cl. The predicted molar refractivity (Wildman–Crippen MR) is 110 cm³/mol. The summed E-state index contributed by atoms with van der Waals surface area (Å²) in [7, 11) is 0. The molecule has 0 aliphatic carbocycles. The van der Waals surface area contributed by atoms with Crippen LogP contribution in [0, 0.1) is 0 Å². The summed E-state index contributed by atoms with van der Waals surface area (Å²) in [5, 5.41) is 3.55. The first-order chi connectivity index (χ1) is 12.7. The van der Waals surface area contributed by atoms with Crippen molar-refractivity contribution in [3.05, 3.63) is 82.9 Å². The van der Waals surface area contributed by atoms with Crippen LogP contribution in [0.1, 0.15) is 15.9 Å². The number of amidine groups is 1. The molecule has 26 heavy (non-hydrogen) atoms. The molecule has 1 amide bonds. The zero-order valence-corrected chi connectivity index (χ0v) is 15.6. The Labute approximate surface area is 161 Å². The Bertz CT molecular complexity index is 997. The minimum atomic E-state index is 0.00436. The van der Waals surface area contributed by atoms with E-state index in [0.29, 0.717) is 18.8 Å². The molecule has 0 spiro atoms. The van der Waals surface area contributed by atoms with Crippen LogP contribution in [-0.2, 0) is 5.75 Å². The van der Waals surface area contributed by atoms with Gasteiger partial charge in [-0.1, -0.05) is 78.0 Å². The molecule has 130 valence electrons. The van der Waals surface area contributed by atoms with Gasteiger partial charge in [-0.3, -0.25) is 14.7 Å². The van der Waals surface area contributed by atoms with Crippen LogP contribution in [0.3, 0.4) is 0 Å². The van der Waals surface area contributed by atoms with Crippen molar-refractivity contribution in [2.24, 2.45) is 4.99 Å². The van der Waals surface area contributed by atoms with Gasteiger partial charge in [0, 0.05) is 22.9 Å². The second-order valence-corrected chi connectivity index (χ2v) is 7.38. The van der Waals surface area contributed by atoms with Crippen LogP contribution in [0.15, 0.2) is 71.7 Å². The van der Waals surface area contributed by atoms with E-state index in [2.05, 4.69) is 4.99 Å². The van der Waals surface area contributed by atoms with Crippen LogP contribution >= 0.6 is 23.4 Å². The number of benzene rings is 3. The number of hydrogen-bond acceptors (Lipinski definition) is 3. The van der Waals surface area contributed by atoms with Crippen LogP contribution < -0.4 is 0 Å². The Morgan fingerprint density at radius 1 is 1.04 bits per heavy atom. The second kappa shape index (κ2) is 7.52. The number of carbonyl (C=O) groups excluding carboxylic acids is 1. The summed E-state index contributed by atoms with van der Waals surface area (Å²) in [6.45, 7) is 1.26. The first kappa shape index (κ1) is 17.1. The largest absolute Gasteiger partial charge is 0.286 e. The van der Waals surface area contributed by atoms with Crippen molar-refractivity contribution in [1.82, 2.24) is 4.90 Å². The molecule has 0 atom stereocenters. The predicted octanol–water partition coefficient (Wildman–Crippen LogP) is 5.24. The van der Waals surface area contributed by atoms with Crippen molar-refractivity contribution < 1.29 is 4.79 Å². The Balaban J connectivity index is 1.56. The van der Waals surface area contributed by atoms with Gasteiger partial charge in [0.15, 0.2) is 5.17 Å². The molecule has 5 heteroatoms. The summed E-state index contributed by atoms with van der Waals surface area (Å²) in [6, 6.07) is 21.6. The Morgan fingerprint density at radius 2 is 1.81 bits per heavy atom. The number of nitrogens with zero attached hydrogens (tertiary/aromatic N) is 2. The topological polar surface area (TPSA) is 32.7 Å². The van der Waals surface area contributed by atoms with E-state index >= 15 is 0 Å². The molecule has 1 aliphatic rings. The molecule has 3 aromatic rings. The third kappa shape index (κ3) is 3.35. The van der Waals surface area contributed by atoms with Gasteiger partial charge in [0.2, 0.25) is 0 Å². The van der Waals surface area contributed by atoms with Crippen molar-refractivity contribution >= 4 is 45.2 Å². The number of aliphatic imine (C=N–C) groups is 1. The van der Waals surface area contributed by atoms with E-state index in [9.17, 15) is 4.79 Å². The summed E-state index contributed by atoms with van der Waals surface area (Å²) >= 11 is 7.79. The van der Waals surface area contributed by atoms with Crippen molar-refractivity contribution in [2.75, 3.05) is 13.1 Å². The fourth-order valence-electron chi connectivity index (χ4n) is 3.05. The second-order valence-electron chi connectivity index (χ2n) is 6.03. The lowest BCUT2D eigenvalue weighted by Gasteiger charge is -2.19. The fourth-order valence-corrected chi connectivity index (χ4v) is 4.38. The molecule has 0 saturated carbocycles. The molecule has 0 fully saturated rings. The van der Waals surface area contributed by atoms with Crippen LogP contribution in [0.5, 0.6) is 0 Å². The van der Waals surface area contributed by atoms with Gasteiger partial charge >= 0.3 is 0 Å². The van der Waals surface area contributed by atoms with E-state index in [4.69, 9.17) is 11.6 Å². The number of halogens is 1. The number of fused-ring (bicyclic) bond motifs is 1. The molecule has 3 nitrogen and oxygen atoms in total. The molecule has 0 aromatic heterocycles. The molecule has 1 heterocycles. The number of thioether (sulfide) groups is 1. The van der Waals surface area contributed by atoms with Gasteiger partial charge in [0.25, 0.3) is 5.91 Å². The Kier molecular flexibility index (Phi) is 4.96. The molecule has 1 aliphatic heterocycles. The van der Waals surface area contributed by atoms with Gasteiger partial charge in [-0.2, -0.15) is 0 Å². The lowest BCUT2D eigenvalue weighted by Crippen LogP contribution is -2.33. The van der Waals surface area contributed by atoms with E-state index in [1.54, 1.807) is 16.7 Å². The van der Waals surface area contributed by atoms with E-state index in [0.717, 1.165) is 32.1 Å². The highest BCUT2D eigenvalue weighted by Crippen LogP contribution is 2.27. The quantitative estimate of drug-likeness (QED) is 0.622. The smallest absolute Gasteiger partial charge is 0.260 e. The lowest BCUT2D eigenvalue weighted by atomic mass is 10.0. The lowest BCUT2D eigenvalue weighted by molar-refractivity contribution is 0.0862. The maximum atomic E-state index is 13.2. The Hall–Kier alpha value is -2.30. The zero-order valence-electron chi connectivity index (χ0n) is 14.1. The van der Waals surface area contributed by atoms with E-state index < -0.39 is 0 Å². The van der Waals surface area contributed by atoms with Crippen LogP contribution in [-0.4, -0.2) is 29.1 Å². The average Bonchev–Trinajstić information content (AvgIpc) is 3.15. The molecule has 0 saturated heterocycles. The normalized spacial score (nSPS) is 13.9. The van der Waals surface area contributed by atoms with Gasteiger partial charge in [-0.15, -0.1) is 0 Å². The van der Waals surface area contributed by atoms with Crippen LogP contribution in [0.25, 0.3) is 10.8 Å². The summed E-state index contributed by atoms with van der Waals surface area (Å²) in [5.41, 5.74) is 1.77. The highest BCUT2D eigenvalue weighted by Gasteiger charge is 2.26. The first-order valence-corrected chi connectivity index (χ1v) is 9.81. The molecule has 4 rings (SSSR count). The summed E-state index contributed by atoms with van der Waals surface area (Å²) in [5.74, 6) is 0.697. The maximum Gasteiger partial charge on any atom is 0.260 e. The van der Waals surface area contributed by atoms with E-state index in [-0.39, 0.29) is 5.91 Å². The third-order valence-electron chi connectivity index (χ3n) is 4.38. The van der Waals surface area contributed by atoms with Gasteiger partial charge in [0.1, 0.15) is 0 Å². The third-order valence-corrected chi connectivity index (χ3v) is 5.81. The summed E-state index contributed by atoms with van der Waals surface area (Å²) in [4.78, 5) is 19.5. The molecule has 0 radical (unpaired) electrons. The standard InChI is InChI=1S/C21H17ClN2OS/c22-19-11-4-2-7-16(19)14-26-21-23-12-13-24(21)20(25)18-10-5-8-15-6-1-3-9-17(15)18/h1-11H,12-14H2. The van der Waals surface area contributed by atoms with Gasteiger partial charge < -0.3 is 0 Å². The minimum Gasteiger partial charge on any atom is -0.286 e. The van der Waals surface area contributed by atoms with Crippen molar-refractivity contribution in [2.45, 2.75) is 5.75 Å². The highest BCUT2D eigenvalue weighted by atomic mass is 35.5. The zero-order chi connectivity index (χ0) is 17.9. The summed E-state index contributed by atoms with van der Waals surface area (Å²) < 4.78 is 0. The molecule has 3 aromatic carbocycles. The summed E-state index contributed by atoms with van der Waals surface area (Å²) in [6.07, 6.45) is 0. The molecule has 0 bridgehead atoms. The van der Waals surface area contributed by atoms with Crippen LogP contribution in [0.2, 0.25) is 5.02 Å². The van der Waals surface area contributed by atoms with Gasteiger partial charge in [0.05, 0.1) is 6.54 Å². The van der Waals surface area contributed by atoms with Crippen molar-refractivity contribution in [3.8, 4) is 0 Å². The highest BCUT2D eigenvalue weighted by molar-refractivity contribution is 8.13. The van der Waals surface area contributed by atoms with E-state index in [1.165, 1.54) is 0 Å². The monoisotopic (exact) mass is 380 g/mol. The van der Waals surface area contributed by atoms with E-state index in [1.807, 2.05) is 66.7 Å². The molecule has 0 unspecified atom stereocenters. The van der Waals surface area contributed by atoms with Gasteiger partial charge in [-0.25, -0.2) is 0 Å². The van der Waals surface area contributed by atoms with Crippen molar-refractivity contribution in [3.63, 3.8) is 0 Å². The molecular formula is C21H17ClN2OS. The fraction of sp³-hybridized carbons (Fsp3) is 0.143. The van der Waals surface area contributed by atoms with Gasteiger partial charge in [-0.05, 0) is 28.5 Å².